The Hall–Kier alpha value is -3.92. The summed E-state index contributed by atoms with van der Waals surface area (Å²) in [5.74, 6) is -1.37. The second kappa shape index (κ2) is 10.6. The summed E-state index contributed by atoms with van der Waals surface area (Å²) in [5.41, 5.74) is 8.61. The molecule has 1 aliphatic rings. The van der Waals surface area contributed by atoms with E-state index in [9.17, 15) is 22.4 Å². The Labute approximate surface area is 215 Å². The molecular formula is C27H29FN4O4S. The van der Waals surface area contributed by atoms with Crippen LogP contribution in [0.1, 0.15) is 27.5 Å². The number of amides is 2. The van der Waals surface area contributed by atoms with Crippen molar-refractivity contribution in [3.05, 3.63) is 89.2 Å². The molecule has 0 radical (unpaired) electrons. The quantitative estimate of drug-likeness (QED) is 0.480. The van der Waals surface area contributed by atoms with Crippen molar-refractivity contribution in [1.82, 2.24) is 10.2 Å². The van der Waals surface area contributed by atoms with Crippen molar-refractivity contribution in [2.75, 3.05) is 43.1 Å². The molecule has 3 aromatic carbocycles. The largest absolute Gasteiger partial charge is 0.398 e. The smallest absolute Gasteiger partial charge is 0.254 e. The van der Waals surface area contributed by atoms with E-state index in [0.717, 1.165) is 17.9 Å². The van der Waals surface area contributed by atoms with E-state index in [4.69, 9.17) is 5.73 Å². The van der Waals surface area contributed by atoms with E-state index in [-0.39, 0.29) is 16.4 Å². The van der Waals surface area contributed by atoms with Crippen molar-refractivity contribution in [3.63, 3.8) is 0 Å². The van der Waals surface area contributed by atoms with E-state index in [1.165, 1.54) is 12.1 Å². The van der Waals surface area contributed by atoms with Gasteiger partial charge in [-0.2, -0.15) is 0 Å². The average molecular weight is 525 g/mol. The van der Waals surface area contributed by atoms with E-state index in [1.807, 2.05) is 17.9 Å². The van der Waals surface area contributed by atoms with Crippen LogP contribution in [0.25, 0.3) is 0 Å². The zero-order valence-corrected chi connectivity index (χ0v) is 21.5. The molecule has 194 valence electrons. The summed E-state index contributed by atoms with van der Waals surface area (Å²) in [4.78, 5) is 30.1. The van der Waals surface area contributed by atoms with E-state index < -0.39 is 27.6 Å². The SMILES string of the molecule is Cc1ccc(C(=O)N[C@@H](C(=O)N2CCN(c3ccc(F)cc3S(C)(=O)=O)CC2)c2ccccc2)c(N)c1. The first-order valence-corrected chi connectivity index (χ1v) is 13.7. The number of hydrogen-bond donors (Lipinski definition) is 2. The van der Waals surface area contributed by atoms with Crippen LogP contribution in [-0.4, -0.2) is 57.6 Å². The van der Waals surface area contributed by atoms with Crippen LogP contribution in [0.5, 0.6) is 0 Å². The van der Waals surface area contributed by atoms with Crippen LogP contribution in [0.15, 0.2) is 71.6 Å². The van der Waals surface area contributed by atoms with E-state index in [0.29, 0.717) is 43.1 Å². The van der Waals surface area contributed by atoms with Gasteiger partial charge >= 0.3 is 0 Å². The fourth-order valence-corrected chi connectivity index (χ4v) is 5.33. The molecule has 37 heavy (non-hydrogen) atoms. The lowest BCUT2D eigenvalue weighted by molar-refractivity contribution is -0.133. The Kier molecular flexibility index (Phi) is 7.49. The molecule has 10 heteroatoms. The Morgan fingerprint density at radius 3 is 2.27 bits per heavy atom. The number of carbonyl (C=O) groups is 2. The van der Waals surface area contributed by atoms with Gasteiger partial charge in [0.15, 0.2) is 9.84 Å². The first kappa shape index (κ1) is 26.2. The Balaban J connectivity index is 1.53. The predicted molar refractivity (Wildman–Crippen MR) is 141 cm³/mol. The molecule has 1 fully saturated rings. The maximum Gasteiger partial charge on any atom is 0.254 e. The van der Waals surface area contributed by atoms with E-state index in [2.05, 4.69) is 5.32 Å². The fraction of sp³-hybridized carbons (Fsp3) is 0.259. The summed E-state index contributed by atoms with van der Waals surface area (Å²) in [6.45, 7) is 3.16. The lowest BCUT2D eigenvalue weighted by atomic mass is 10.0. The van der Waals surface area contributed by atoms with Gasteiger partial charge in [0.1, 0.15) is 11.9 Å². The standard InChI is InChI=1S/C27H29FN4O4S/c1-18-8-10-21(22(29)16-18)26(33)30-25(19-6-4-3-5-7-19)27(34)32-14-12-31(13-15-32)23-11-9-20(28)17-24(23)37(2,35)36/h3-11,16-17,25H,12-15,29H2,1-2H3,(H,30,33)/t25-/m1/s1. The lowest BCUT2D eigenvalue weighted by Crippen LogP contribution is -2.52. The summed E-state index contributed by atoms with van der Waals surface area (Å²) in [6, 6.07) is 16.8. The number of sulfone groups is 1. The molecule has 4 rings (SSSR count). The summed E-state index contributed by atoms with van der Waals surface area (Å²) < 4.78 is 38.2. The van der Waals surface area contributed by atoms with Gasteiger partial charge < -0.3 is 20.9 Å². The van der Waals surface area contributed by atoms with Gasteiger partial charge in [-0.05, 0) is 48.4 Å². The summed E-state index contributed by atoms with van der Waals surface area (Å²) in [6.07, 6.45) is 1.04. The first-order chi connectivity index (χ1) is 17.5. The van der Waals surface area contributed by atoms with Crippen LogP contribution in [0.3, 0.4) is 0 Å². The number of halogens is 1. The topological polar surface area (TPSA) is 113 Å². The molecule has 0 bridgehead atoms. The number of benzene rings is 3. The Morgan fingerprint density at radius 1 is 0.973 bits per heavy atom. The number of nitrogens with two attached hydrogens (primary N) is 1. The molecule has 8 nitrogen and oxygen atoms in total. The summed E-state index contributed by atoms with van der Waals surface area (Å²) >= 11 is 0. The zero-order valence-electron chi connectivity index (χ0n) is 20.6. The van der Waals surface area contributed by atoms with Crippen molar-refractivity contribution in [3.8, 4) is 0 Å². The number of rotatable bonds is 6. The van der Waals surface area contributed by atoms with Crippen molar-refractivity contribution in [1.29, 1.82) is 0 Å². The van der Waals surface area contributed by atoms with Crippen molar-refractivity contribution in [2.24, 2.45) is 0 Å². The van der Waals surface area contributed by atoms with Crippen LogP contribution in [-0.2, 0) is 14.6 Å². The van der Waals surface area contributed by atoms with Crippen molar-refractivity contribution in [2.45, 2.75) is 17.9 Å². The van der Waals surface area contributed by atoms with Gasteiger partial charge in [-0.15, -0.1) is 0 Å². The van der Waals surface area contributed by atoms with Gasteiger partial charge in [-0.25, -0.2) is 12.8 Å². The third kappa shape index (κ3) is 5.91. The minimum Gasteiger partial charge on any atom is -0.398 e. The lowest BCUT2D eigenvalue weighted by Gasteiger charge is -2.38. The molecule has 0 aliphatic carbocycles. The predicted octanol–water partition coefficient (Wildman–Crippen LogP) is 2.94. The minimum absolute atomic E-state index is 0.0858. The van der Waals surface area contributed by atoms with Crippen LogP contribution in [0.4, 0.5) is 15.8 Å². The maximum atomic E-state index is 13.8. The van der Waals surface area contributed by atoms with Crippen molar-refractivity contribution >= 4 is 33.0 Å². The monoisotopic (exact) mass is 524 g/mol. The average Bonchev–Trinajstić information content (AvgIpc) is 2.87. The molecule has 0 spiro atoms. The van der Waals surface area contributed by atoms with Gasteiger partial charge in [0.2, 0.25) is 5.91 Å². The van der Waals surface area contributed by atoms with Gasteiger partial charge in [0.25, 0.3) is 5.91 Å². The molecule has 3 aromatic rings. The number of nitrogens with zero attached hydrogens (tertiary/aromatic N) is 2. The van der Waals surface area contributed by atoms with Gasteiger partial charge in [0, 0.05) is 38.1 Å². The Morgan fingerprint density at radius 2 is 1.65 bits per heavy atom. The van der Waals surface area contributed by atoms with Gasteiger partial charge in [-0.3, -0.25) is 9.59 Å². The van der Waals surface area contributed by atoms with Crippen LogP contribution in [0.2, 0.25) is 0 Å². The normalized spacial score (nSPS) is 14.8. The van der Waals surface area contributed by atoms with Gasteiger partial charge in [-0.1, -0.05) is 36.4 Å². The number of carbonyl (C=O) groups excluding carboxylic acids is 2. The molecular weight excluding hydrogens is 495 g/mol. The zero-order chi connectivity index (χ0) is 26.7. The molecule has 1 atom stereocenters. The first-order valence-electron chi connectivity index (χ1n) is 11.8. The number of hydrogen-bond acceptors (Lipinski definition) is 6. The number of anilines is 2. The van der Waals surface area contributed by atoms with E-state index in [1.54, 1.807) is 47.4 Å². The molecule has 1 aliphatic heterocycles. The number of nitrogen functional groups attached to an aromatic ring is 1. The second-order valence-electron chi connectivity index (χ2n) is 9.10. The summed E-state index contributed by atoms with van der Waals surface area (Å²) in [7, 11) is -3.65. The molecule has 2 amide bonds. The molecule has 0 aromatic heterocycles. The maximum absolute atomic E-state index is 13.8. The highest BCUT2D eigenvalue weighted by Crippen LogP contribution is 2.28. The second-order valence-corrected chi connectivity index (χ2v) is 11.1. The fourth-order valence-electron chi connectivity index (χ4n) is 4.43. The van der Waals surface area contributed by atoms with E-state index >= 15 is 0 Å². The van der Waals surface area contributed by atoms with Crippen LogP contribution in [0, 0.1) is 12.7 Å². The molecule has 3 N–H and O–H groups in total. The molecule has 1 heterocycles. The highest BCUT2D eigenvalue weighted by Gasteiger charge is 2.31. The van der Waals surface area contributed by atoms with Crippen molar-refractivity contribution < 1.29 is 22.4 Å². The Bertz CT molecular complexity index is 1420. The number of aryl methyl sites for hydroxylation is 1. The minimum atomic E-state index is -3.65. The number of nitrogens with one attached hydrogen (secondary N) is 1. The molecule has 1 saturated heterocycles. The van der Waals surface area contributed by atoms with Crippen LogP contribution < -0.4 is 16.0 Å². The van der Waals surface area contributed by atoms with Gasteiger partial charge in [0.05, 0.1) is 16.1 Å². The third-order valence-corrected chi connectivity index (χ3v) is 7.49. The van der Waals surface area contributed by atoms with Crippen LogP contribution >= 0.6 is 0 Å². The highest BCUT2D eigenvalue weighted by molar-refractivity contribution is 7.90. The number of piperazine rings is 1. The summed E-state index contributed by atoms with van der Waals surface area (Å²) in [5, 5.41) is 2.84. The molecule has 0 saturated carbocycles. The highest BCUT2D eigenvalue weighted by atomic mass is 32.2. The molecule has 0 unspecified atom stereocenters. The third-order valence-electron chi connectivity index (χ3n) is 6.36.